The van der Waals surface area contributed by atoms with E-state index >= 15 is 0 Å². The third kappa shape index (κ3) is 3.22. The topological polar surface area (TPSA) is 53.0 Å². The number of hydrogen-bond acceptors (Lipinski definition) is 2. The summed E-state index contributed by atoms with van der Waals surface area (Å²) in [5, 5.41) is 11.1. The number of anilines is 1. The van der Waals surface area contributed by atoms with Crippen LogP contribution in [0.25, 0.3) is 0 Å². The molecule has 1 rings (SSSR count). The van der Waals surface area contributed by atoms with Crippen LogP contribution in [0.4, 0.5) is 5.69 Å². The summed E-state index contributed by atoms with van der Waals surface area (Å²) < 4.78 is 11.4. The van der Waals surface area contributed by atoms with Gasteiger partial charge in [-0.3, -0.25) is 5.41 Å². The Hall–Kier alpha value is -1.05. The molecule has 0 aromatic heterocycles. The van der Waals surface area contributed by atoms with Crippen molar-refractivity contribution in [2.75, 3.05) is 12.0 Å². The maximum absolute atomic E-state index is 11.4. The first-order valence-electron chi connectivity index (χ1n) is 4.32. The molecule has 1 unspecified atom stereocenters. The van der Waals surface area contributed by atoms with Crippen molar-refractivity contribution >= 4 is 36.2 Å². The SMILES string of the molecule is C=C(Cl)C(=N)Nc1ccccc1[PH](C)=O. The van der Waals surface area contributed by atoms with E-state index in [-0.39, 0.29) is 10.9 Å². The van der Waals surface area contributed by atoms with E-state index in [0.717, 1.165) is 0 Å². The molecule has 1 aromatic rings. The first kappa shape index (κ1) is 12.0. The number of rotatable bonds is 3. The molecule has 0 heterocycles. The van der Waals surface area contributed by atoms with Gasteiger partial charge in [-0.05, 0) is 18.8 Å². The standard InChI is InChI=1S/C10H12ClN2OP/c1-7(11)10(12)13-8-5-3-4-6-9(8)15(2)14/h3-6,15H,1H2,2H3,(H2,12,13). The fourth-order valence-electron chi connectivity index (χ4n) is 1.10. The van der Waals surface area contributed by atoms with Crippen molar-refractivity contribution in [3.8, 4) is 0 Å². The molecule has 80 valence electrons. The smallest absolute Gasteiger partial charge is 0.141 e. The predicted molar refractivity (Wildman–Crippen MR) is 67.3 cm³/mol. The Bertz CT molecular complexity index is 431. The number of nitrogens with one attached hydrogen (secondary N) is 2. The molecule has 0 aliphatic rings. The van der Waals surface area contributed by atoms with E-state index < -0.39 is 7.80 Å². The Kier molecular flexibility index (Phi) is 4.13. The summed E-state index contributed by atoms with van der Waals surface area (Å²) in [4.78, 5) is 0. The summed E-state index contributed by atoms with van der Waals surface area (Å²) in [6, 6.07) is 7.15. The van der Waals surface area contributed by atoms with Gasteiger partial charge in [-0.15, -0.1) is 0 Å². The summed E-state index contributed by atoms with van der Waals surface area (Å²) in [6.07, 6.45) is 0. The summed E-state index contributed by atoms with van der Waals surface area (Å²) >= 11 is 5.56. The molecule has 0 saturated heterocycles. The number of amidine groups is 1. The molecule has 0 bridgehead atoms. The molecule has 1 atom stereocenters. The van der Waals surface area contributed by atoms with Crippen LogP contribution >= 0.6 is 19.4 Å². The van der Waals surface area contributed by atoms with Crippen LogP contribution < -0.4 is 10.6 Å². The van der Waals surface area contributed by atoms with Gasteiger partial charge in [0.25, 0.3) is 0 Å². The lowest BCUT2D eigenvalue weighted by atomic mass is 10.3. The van der Waals surface area contributed by atoms with Crippen molar-refractivity contribution in [2.24, 2.45) is 0 Å². The highest BCUT2D eigenvalue weighted by atomic mass is 35.5. The van der Waals surface area contributed by atoms with Crippen LogP contribution in [0.2, 0.25) is 0 Å². The fourth-order valence-corrected chi connectivity index (χ4v) is 2.00. The molecule has 15 heavy (non-hydrogen) atoms. The molecule has 3 nitrogen and oxygen atoms in total. The lowest BCUT2D eigenvalue weighted by molar-refractivity contribution is 0.596. The second-order valence-electron chi connectivity index (χ2n) is 3.01. The maximum Gasteiger partial charge on any atom is 0.141 e. The average molecular weight is 243 g/mol. The number of halogens is 1. The third-order valence-corrected chi connectivity index (χ3v) is 3.22. The van der Waals surface area contributed by atoms with Gasteiger partial charge in [-0.2, -0.15) is 0 Å². The predicted octanol–water partition coefficient (Wildman–Crippen LogP) is 2.64. The maximum atomic E-state index is 11.4. The Morgan fingerprint density at radius 2 is 2.13 bits per heavy atom. The third-order valence-electron chi connectivity index (χ3n) is 1.84. The lowest BCUT2D eigenvalue weighted by Gasteiger charge is -2.10. The Morgan fingerprint density at radius 3 is 2.67 bits per heavy atom. The first-order valence-corrected chi connectivity index (χ1v) is 6.61. The molecule has 0 saturated carbocycles. The van der Waals surface area contributed by atoms with Crippen LogP contribution in [0, 0.1) is 5.41 Å². The van der Waals surface area contributed by atoms with Gasteiger partial charge in [0.2, 0.25) is 0 Å². The zero-order chi connectivity index (χ0) is 11.4. The van der Waals surface area contributed by atoms with Crippen molar-refractivity contribution in [3.05, 3.63) is 35.9 Å². The highest BCUT2D eigenvalue weighted by Gasteiger charge is 2.07. The molecule has 0 fully saturated rings. The van der Waals surface area contributed by atoms with Gasteiger partial charge in [-0.25, -0.2) is 0 Å². The van der Waals surface area contributed by atoms with Crippen molar-refractivity contribution in [1.29, 1.82) is 5.41 Å². The highest BCUT2D eigenvalue weighted by Crippen LogP contribution is 2.20. The summed E-state index contributed by atoms with van der Waals surface area (Å²) in [7, 11) is -1.79. The van der Waals surface area contributed by atoms with Gasteiger partial charge in [0, 0.05) is 5.30 Å². The van der Waals surface area contributed by atoms with Crippen LogP contribution in [0.1, 0.15) is 0 Å². The normalized spacial score (nSPS) is 11.9. The molecule has 0 aliphatic heterocycles. The second kappa shape index (κ2) is 5.15. The average Bonchev–Trinajstić information content (AvgIpc) is 2.18. The quantitative estimate of drug-likeness (QED) is 0.486. The summed E-state index contributed by atoms with van der Waals surface area (Å²) in [6.45, 7) is 5.09. The van der Waals surface area contributed by atoms with Crippen LogP contribution in [0.5, 0.6) is 0 Å². The van der Waals surface area contributed by atoms with Crippen LogP contribution in [0.15, 0.2) is 35.9 Å². The number of benzene rings is 1. The molecule has 1 aromatic carbocycles. The molecule has 0 amide bonds. The van der Waals surface area contributed by atoms with E-state index in [1.54, 1.807) is 24.9 Å². The minimum atomic E-state index is -1.79. The van der Waals surface area contributed by atoms with E-state index in [4.69, 9.17) is 17.0 Å². The minimum Gasteiger partial charge on any atom is -0.339 e. The molecule has 5 heteroatoms. The number of para-hydroxylation sites is 1. The Balaban J connectivity index is 2.99. The highest BCUT2D eigenvalue weighted by molar-refractivity contribution is 7.53. The van der Waals surface area contributed by atoms with Crippen molar-refractivity contribution in [1.82, 2.24) is 0 Å². The largest absolute Gasteiger partial charge is 0.339 e. The van der Waals surface area contributed by atoms with E-state index in [0.29, 0.717) is 11.0 Å². The fraction of sp³-hybridized carbons (Fsp3) is 0.100. The molecule has 0 aliphatic carbocycles. The van der Waals surface area contributed by atoms with Crippen LogP contribution in [-0.2, 0) is 4.57 Å². The van der Waals surface area contributed by atoms with E-state index in [9.17, 15) is 4.57 Å². The van der Waals surface area contributed by atoms with E-state index in [1.165, 1.54) is 0 Å². The minimum absolute atomic E-state index is 0.0207. The first-order chi connectivity index (χ1) is 7.02. The Labute approximate surface area is 94.4 Å². The van der Waals surface area contributed by atoms with Gasteiger partial charge in [0.1, 0.15) is 13.6 Å². The lowest BCUT2D eigenvalue weighted by Crippen LogP contribution is -2.15. The van der Waals surface area contributed by atoms with Crippen molar-refractivity contribution in [3.63, 3.8) is 0 Å². The van der Waals surface area contributed by atoms with Gasteiger partial charge < -0.3 is 9.88 Å². The molecule has 2 N–H and O–H groups in total. The molecular weight excluding hydrogens is 231 g/mol. The molecule has 0 radical (unpaired) electrons. The number of hydrogen-bond donors (Lipinski definition) is 2. The van der Waals surface area contributed by atoms with Crippen molar-refractivity contribution < 1.29 is 4.57 Å². The van der Waals surface area contributed by atoms with Gasteiger partial charge >= 0.3 is 0 Å². The Morgan fingerprint density at radius 1 is 1.53 bits per heavy atom. The summed E-state index contributed by atoms with van der Waals surface area (Å²) in [5.74, 6) is 0.0207. The van der Waals surface area contributed by atoms with Gasteiger partial charge in [-0.1, -0.05) is 30.3 Å². The van der Waals surface area contributed by atoms with E-state index in [1.807, 2.05) is 6.07 Å². The van der Waals surface area contributed by atoms with Crippen LogP contribution in [-0.4, -0.2) is 12.5 Å². The molecule has 0 spiro atoms. The van der Waals surface area contributed by atoms with Crippen LogP contribution in [0.3, 0.4) is 0 Å². The van der Waals surface area contributed by atoms with E-state index in [2.05, 4.69) is 11.9 Å². The zero-order valence-corrected chi connectivity index (χ0v) is 10.1. The zero-order valence-electron chi connectivity index (χ0n) is 8.30. The monoisotopic (exact) mass is 242 g/mol. The van der Waals surface area contributed by atoms with Gasteiger partial charge in [0.15, 0.2) is 0 Å². The second-order valence-corrected chi connectivity index (χ2v) is 5.11. The summed E-state index contributed by atoms with van der Waals surface area (Å²) in [5.41, 5.74) is 0.649. The van der Waals surface area contributed by atoms with Crippen molar-refractivity contribution in [2.45, 2.75) is 0 Å². The van der Waals surface area contributed by atoms with Gasteiger partial charge in [0.05, 0.1) is 10.7 Å². The molecular formula is C10H12ClN2OP.